The minimum Gasteiger partial charge on any atom is -0.335 e. The van der Waals surface area contributed by atoms with E-state index in [-0.39, 0.29) is 18.1 Å². The minimum atomic E-state index is -0.202. The number of hydrogen-bond donors (Lipinski definition) is 2. The largest absolute Gasteiger partial charge is 0.335 e. The summed E-state index contributed by atoms with van der Waals surface area (Å²) in [7, 11) is 0. The molecular weight excluding hydrogens is 164 g/mol. The van der Waals surface area contributed by atoms with E-state index in [1.807, 2.05) is 6.92 Å². The molecule has 13 heavy (non-hydrogen) atoms. The van der Waals surface area contributed by atoms with E-state index in [9.17, 15) is 4.79 Å². The Bertz CT molecular complexity index is 228. The summed E-state index contributed by atoms with van der Waals surface area (Å²) in [5, 5.41) is 5.52. The van der Waals surface area contributed by atoms with Crippen molar-refractivity contribution in [3.05, 3.63) is 0 Å². The van der Waals surface area contributed by atoms with E-state index >= 15 is 0 Å². The third-order valence-corrected chi connectivity index (χ3v) is 2.29. The van der Waals surface area contributed by atoms with Crippen molar-refractivity contribution in [2.24, 2.45) is 5.92 Å². The van der Waals surface area contributed by atoms with Crippen LogP contribution in [0.2, 0.25) is 0 Å². The highest BCUT2D eigenvalue weighted by atomic mass is 16.2. The fraction of sp³-hybridized carbons (Fsp3) is 0.700. The summed E-state index contributed by atoms with van der Waals surface area (Å²) in [6.07, 6.45) is 7.59. The first-order valence-electron chi connectivity index (χ1n) is 4.66. The standard InChI is InChI=1S/C10H16N2O/c1-4-7(2)11-10(13)12-8(3)9-5-6-9/h1,7-9H,5-6H2,2-3H3,(H2,11,12,13). The summed E-state index contributed by atoms with van der Waals surface area (Å²) >= 11 is 0. The van der Waals surface area contributed by atoms with Crippen molar-refractivity contribution in [2.45, 2.75) is 38.8 Å². The van der Waals surface area contributed by atoms with Gasteiger partial charge in [-0.05, 0) is 32.6 Å². The van der Waals surface area contributed by atoms with Crippen molar-refractivity contribution >= 4 is 6.03 Å². The van der Waals surface area contributed by atoms with Crippen LogP contribution in [0.5, 0.6) is 0 Å². The molecule has 2 N–H and O–H groups in total. The summed E-state index contributed by atoms with van der Waals surface area (Å²) in [6.45, 7) is 3.80. The van der Waals surface area contributed by atoms with Gasteiger partial charge in [-0.25, -0.2) is 4.79 Å². The smallest absolute Gasteiger partial charge is 0.315 e. The topological polar surface area (TPSA) is 41.1 Å². The molecule has 0 radical (unpaired) electrons. The van der Waals surface area contributed by atoms with E-state index in [1.54, 1.807) is 6.92 Å². The molecule has 0 spiro atoms. The van der Waals surface area contributed by atoms with Crippen LogP contribution in [0.25, 0.3) is 0 Å². The van der Waals surface area contributed by atoms with Crippen molar-refractivity contribution in [1.82, 2.24) is 10.6 Å². The van der Waals surface area contributed by atoms with Gasteiger partial charge in [0.15, 0.2) is 0 Å². The molecule has 1 aliphatic rings. The molecule has 72 valence electrons. The monoisotopic (exact) mass is 180 g/mol. The molecule has 3 heteroatoms. The van der Waals surface area contributed by atoms with Gasteiger partial charge in [0, 0.05) is 6.04 Å². The second-order valence-corrected chi connectivity index (χ2v) is 3.63. The summed E-state index contributed by atoms with van der Waals surface area (Å²) in [5.41, 5.74) is 0. The quantitative estimate of drug-likeness (QED) is 0.627. The molecule has 0 saturated heterocycles. The third-order valence-electron chi connectivity index (χ3n) is 2.29. The Labute approximate surface area is 79.3 Å². The Morgan fingerprint density at radius 2 is 2.08 bits per heavy atom. The maximum atomic E-state index is 11.2. The highest BCUT2D eigenvalue weighted by molar-refractivity contribution is 5.74. The molecule has 1 fully saturated rings. The predicted octanol–water partition coefficient (Wildman–Crippen LogP) is 1.11. The second kappa shape index (κ2) is 4.18. The maximum Gasteiger partial charge on any atom is 0.315 e. The Hall–Kier alpha value is -1.17. The summed E-state index contributed by atoms with van der Waals surface area (Å²) in [6, 6.07) is -0.0961. The zero-order valence-corrected chi connectivity index (χ0v) is 8.13. The molecule has 1 saturated carbocycles. The first kappa shape index (κ1) is 9.91. The lowest BCUT2D eigenvalue weighted by atomic mass is 10.2. The molecule has 1 aliphatic carbocycles. The Morgan fingerprint density at radius 1 is 1.46 bits per heavy atom. The molecule has 0 aliphatic heterocycles. The lowest BCUT2D eigenvalue weighted by Gasteiger charge is -2.14. The molecule has 0 aromatic carbocycles. The molecule has 3 nitrogen and oxygen atoms in total. The van der Waals surface area contributed by atoms with Gasteiger partial charge in [0.2, 0.25) is 0 Å². The molecule has 2 atom stereocenters. The first-order valence-corrected chi connectivity index (χ1v) is 4.66. The SMILES string of the molecule is C#CC(C)NC(=O)NC(C)C1CC1. The van der Waals surface area contributed by atoms with Crippen LogP contribution in [0.15, 0.2) is 0 Å². The number of amides is 2. The molecule has 0 aromatic rings. The fourth-order valence-corrected chi connectivity index (χ4v) is 1.20. The van der Waals surface area contributed by atoms with Crippen molar-refractivity contribution in [3.63, 3.8) is 0 Å². The van der Waals surface area contributed by atoms with Crippen molar-refractivity contribution in [2.75, 3.05) is 0 Å². The molecule has 1 rings (SSSR count). The summed E-state index contributed by atoms with van der Waals surface area (Å²) in [4.78, 5) is 11.2. The van der Waals surface area contributed by atoms with Crippen molar-refractivity contribution in [1.29, 1.82) is 0 Å². The molecule has 2 unspecified atom stereocenters. The van der Waals surface area contributed by atoms with Gasteiger partial charge in [0.05, 0.1) is 6.04 Å². The van der Waals surface area contributed by atoms with E-state index in [0.717, 1.165) is 0 Å². The zero-order chi connectivity index (χ0) is 9.84. The van der Waals surface area contributed by atoms with Gasteiger partial charge >= 0.3 is 6.03 Å². The van der Waals surface area contributed by atoms with Gasteiger partial charge < -0.3 is 10.6 Å². The number of hydrogen-bond acceptors (Lipinski definition) is 1. The molecule has 0 aromatic heterocycles. The first-order chi connectivity index (χ1) is 6.13. The number of urea groups is 1. The van der Waals surface area contributed by atoms with Gasteiger partial charge in [-0.2, -0.15) is 0 Å². The number of carbonyl (C=O) groups excluding carboxylic acids is 1. The number of rotatable bonds is 3. The van der Waals surface area contributed by atoms with Gasteiger partial charge in [0.25, 0.3) is 0 Å². The van der Waals surface area contributed by atoms with E-state index in [4.69, 9.17) is 6.42 Å². The fourth-order valence-electron chi connectivity index (χ4n) is 1.20. The number of nitrogens with one attached hydrogen (secondary N) is 2. The maximum absolute atomic E-state index is 11.2. The highest BCUT2D eigenvalue weighted by Gasteiger charge is 2.28. The molecule has 0 heterocycles. The normalized spacial score (nSPS) is 19.8. The van der Waals surface area contributed by atoms with E-state index < -0.39 is 0 Å². The van der Waals surface area contributed by atoms with Crippen LogP contribution in [-0.4, -0.2) is 18.1 Å². The van der Waals surface area contributed by atoms with Crippen LogP contribution in [0.3, 0.4) is 0 Å². The Kier molecular flexibility index (Phi) is 3.18. The summed E-state index contributed by atoms with van der Waals surface area (Å²) in [5.74, 6) is 3.12. The van der Waals surface area contributed by atoms with E-state index in [1.165, 1.54) is 12.8 Å². The second-order valence-electron chi connectivity index (χ2n) is 3.63. The average molecular weight is 180 g/mol. The van der Waals surface area contributed by atoms with Crippen molar-refractivity contribution in [3.8, 4) is 12.3 Å². The lowest BCUT2D eigenvalue weighted by Crippen LogP contribution is -2.44. The van der Waals surface area contributed by atoms with Crippen LogP contribution in [-0.2, 0) is 0 Å². The average Bonchev–Trinajstić information content (AvgIpc) is 2.85. The van der Waals surface area contributed by atoms with Gasteiger partial charge in [-0.1, -0.05) is 5.92 Å². The van der Waals surface area contributed by atoms with E-state index in [2.05, 4.69) is 16.6 Å². The summed E-state index contributed by atoms with van der Waals surface area (Å²) < 4.78 is 0. The Morgan fingerprint density at radius 3 is 2.54 bits per heavy atom. The van der Waals surface area contributed by atoms with Crippen LogP contribution in [0.1, 0.15) is 26.7 Å². The van der Waals surface area contributed by atoms with Gasteiger partial charge in [-0.3, -0.25) is 0 Å². The van der Waals surface area contributed by atoms with Crippen LogP contribution >= 0.6 is 0 Å². The van der Waals surface area contributed by atoms with Crippen LogP contribution in [0.4, 0.5) is 4.79 Å². The number of terminal acetylenes is 1. The third kappa shape index (κ3) is 3.37. The highest BCUT2D eigenvalue weighted by Crippen LogP contribution is 2.32. The molecule has 0 bridgehead atoms. The van der Waals surface area contributed by atoms with Crippen LogP contribution < -0.4 is 10.6 Å². The van der Waals surface area contributed by atoms with Gasteiger partial charge in [-0.15, -0.1) is 6.42 Å². The van der Waals surface area contributed by atoms with Crippen molar-refractivity contribution < 1.29 is 4.79 Å². The molecule has 2 amide bonds. The van der Waals surface area contributed by atoms with Gasteiger partial charge in [0.1, 0.15) is 0 Å². The van der Waals surface area contributed by atoms with Crippen LogP contribution in [0, 0.1) is 18.3 Å². The lowest BCUT2D eigenvalue weighted by molar-refractivity contribution is 0.235. The minimum absolute atomic E-state index is 0.162. The number of carbonyl (C=O) groups is 1. The van der Waals surface area contributed by atoms with E-state index in [0.29, 0.717) is 5.92 Å². The Balaban J connectivity index is 2.20. The predicted molar refractivity (Wildman–Crippen MR) is 52.1 cm³/mol. The zero-order valence-electron chi connectivity index (χ0n) is 8.13. The molecular formula is C10H16N2O.